The Bertz CT molecular complexity index is 324. The van der Waals surface area contributed by atoms with Crippen LogP contribution in [0.15, 0.2) is 24.3 Å². The van der Waals surface area contributed by atoms with E-state index in [1.54, 1.807) is 7.11 Å². The first-order valence-electron chi connectivity index (χ1n) is 5.70. The number of hydrogen-bond acceptors (Lipinski definition) is 2. The fourth-order valence-corrected chi connectivity index (χ4v) is 2.29. The molecule has 1 fully saturated rings. The van der Waals surface area contributed by atoms with E-state index in [2.05, 4.69) is 24.4 Å². The van der Waals surface area contributed by atoms with Gasteiger partial charge in [-0.2, -0.15) is 0 Å². The summed E-state index contributed by atoms with van der Waals surface area (Å²) in [5.41, 5.74) is 1.17. The highest BCUT2D eigenvalue weighted by atomic mass is 16.5. The minimum atomic E-state index is 0.636. The van der Waals surface area contributed by atoms with Crippen molar-refractivity contribution in [1.29, 1.82) is 0 Å². The van der Waals surface area contributed by atoms with E-state index in [0.717, 1.165) is 11.7 Å². The Labute approximate surface area is 91.6 Å². The second-order valence-electron chi connectivity index (χ2n) is 4.39. The highest BCUT2D eigenvalue weighted by Gasteiger charge is 2.22. The molecule has 1 aromatic rings. The normalized spacial score (nSPS) is 25.2. The van der Waals surface area contributed by atoms with Crippen LogP contribution in [0.5, 0.6) is 5.75 Å². The summed E-state index contributed by atoms with van der Waals surface area (Å²) < 4.78 is 5.21. The van der Waals surface area contributed by atoms with Gasteiger partial charge in [0.05, 0.1) is 7.11 Å². The van der Waals surface area contributed by atoms with Crippen LogP contribution in [-0.4, -0.2) is 13.2 Å². The van der Waals surface area contributed by atoms with Crippen molar-refractivity contribution in [1.82, 2.24) is 0 Å². The van der Waals surface area contributed by atoms with E-state index in [9.17, 15) is 0 Å². The van der Waals surface area contributed by atoms with Crippen molar-refractivity contribution in [2.75, 3.05) is 12.4 Å². The van der Waals surface area contributed by atoms with Crippen molar-refractivity contribution in [3.05, 3.63) is 24.3 Å². The first-order valence-corrected chi connectivity index (χ1v) is 5.70. The molecular formula is C13H19NO. The molecule has 1 N–H and O–H groups in total. The van der Waals surface area contributed by atoms with Gasteiger partial charge in [-0.05, 0) is 30.9 Å². The van der Waals surface area contributed by atoms with E-state index >= 15 is 0 Å². The highest BCUT2D eigenvalue weighted by Crippen LogP contribution is 2.28. The molecule has 0 amide bonds. The Morgan fingerprint density at radius 3 is 2.87 bits per heavy atom. The second kappa shape index (κ2) is 4.56. The molecule has 0 radical (unpaired) electrons. The summed E-state index contributed by atoms with van der Waals surface area (Å²) in [4.78, 5) is 0. The maximum atomic E-state index is 5.21. The van der Waals surface area contributed by atoms with Crippen molar-refractivity contribution in [2.24, 2.45) is 5.92 Å². The zero-order valence-electron chi connectivity index (χ0n) is 9.49. The minimum Gasteiger partial charge on any atom is -0.497 e. The lowest BCUT2D eigenvalue weighted by atomic mass is 10.1. The summed E-state index contributed by atoms with van der Waals surface area (Å²) in [5, 5.41) is 3.59. The zero-order chi connectivity index (χ0) is 10.7. The summed E-state index contributed by atoms with van der Waals surface area (Å²) in [5.74, 6) is 1.71. The third kappa shape index (κ3) is 2.44. The molecule has 0 heterocycles. The third-order valence-corrected chi connectivity index (χ3v) is 3.28. The predicted molar refractivity (Wildman–Crippen MR) is 63.4 cm³/mol. The van der Waals surface area contributed by atoms with Crippen LogP contribution in [-0.2, 0) is 0 Å². The topological polar surface area (TPSA) is 21.3 Å². The lowest BCUT2D eigenvalue weighted by Gasteiger charge is -2.18. The monoisotopic (exact) mass is 205 g/mol. The van der Waals surface area contributed by atoms with Gasteiger partial charge >= 0.3 is 0 Å². The smallest absolute Gasteiger partial charge is 0.120 e. The lowest BCUT2D eigenvalue weighted by Crippen LogP contribution is -2.21. The van der Waals surface area contributed by atoms with Crippen LogP contribution in [0.4, 0.5) is 5.69 Å². The summed E-state index contributed by atoms with van der Waals surface area (Å²) in [7, 11) is 1.71. The van der Waals surface area contributed by atoms with E-state index in [0.29, 0.717) is 6.04 Å². The quantitative estimate of drug-likeness (QED) is 0.817. The van der Waals surface area contributed by atoms with Gasteiger partial charge in [-0.1, -0.05) is 19.4 Å². The van der Waals surface area contributed by atoms with Crippen LogP contribution < -0.4 is 10.1 Å². The van der Waals surface area contributed by atoms with Crippen LogP contribution in [0, 0.1) is 5.92 Å². The molecule has 2 rings (SSSR count). The van der Waals surface area contributed by atoms with Gasteiger partial charge in [-0.3, -0.25) is 0 Å². The molecule has 2 heteroatoms. The van der Waals surface area contributed by atoms with Gasteiger partial charge in [0.1, 0.15) is 5.75 Å². The largest absolute Gasteiger partial charge is 0.497 e. The molecule has 0 bridgehead atoms. The number of ether oxygens (including phenoxy) is 1. The Morgan fingerprint density at radius 1 is 1.33 bits per heavy atom. The van der Waals surface area contributed by atoms with Crippen molar-refractivity contribution in [3.8, 4) is 5.75 Å². The molecule has 0 aromatic heterocycles. The van der Waals surface area contributed by atoms with Crippen LogP contribution in [0.1, 0.15) is 26.2 Å². The molecule has 0 saturated heterocycles. The fraction of sp³-hybridized carbons (Fsp3) is 0.538. The molecule has 0 aliphatic heterocycles. The number of hydrogen-bond donors (Lipinski definition) is 1. The van der Waals surface area contributed by atoms with Crippen molar-refractivity contribution in [3.63, 3.8) is 0 Å². The molecule has 1 saturated carbocycles. The Morgan fingerprint density at radius 2 is 2.20 bits per heavy atom. The SMILES string of the molecule is COc1cccc(N[C@@H]2CCC[C@@H]2C)c1. The summed E-state index contributed by atoms with van der Waals surface area (Å²) >= 11 is 0. The van der Waals surface area contributed by atoms with Crippen LogP contribution in [0.25, 0.3) is 0 Å². The standard InChI is InChI=1S/C13H19NO/c1-10-5-3-8-13(10)14-11-6-4-7-12(9-11)15-2/h4,6-7,9-10,13-14H,3,5,8H2,1-2H3/t10-,13+/m0/s1. The first kappa shape index (κ1) is 10.3. The van der Waals surface area contributed by atoms with Gasteiger partial charge in [0.15, 0.2) is 0 Å². The predicted octanol–water partition coefficient (Wildman–Crippen LogP) is 3.30. The molecule has 1 aliphatic rings. The zero-order valence-corrected chi connectivity index (χ0v) is 9.49. The molecule has 0 spiro atoms. The van der Waals surface area contributed by atoms with Crippen molar-refractivity contribution in [2.45, 2.75) is 32.2 Å². The Balaban J connectivity index is 2.03. The number of nitrogens with one attached hydrogen (secondary N) is 1. The van der Waals surface area contributed by atoms with Crippen molar-refractivity contribution < 1.29 is 4.74 Å². The van der Waals surface area contributed by atoms with Crippen molar-refractivity contribution >= 4 is 5.69 Å². The molecule has 1 aromatic carbocycles. The highest BCUT2D eigenvalue weighted by molar-refractivity contribution is 5.49. The molecule has 82 valence electrons. The molecule has 2 nitrogen and oxygen atoms in total. The van der Waals surface area contributed by atoms with Crippen LogP contribution in [0.2, 0.25) is 0 Å². The van der Waals surface area contributed by atoms with Gasteiger partial charge in [0.2, 0.25) is 0 Å². The second-order valence-corrected chi connectivity index (χ2v) is 4.39. The lowest BCUT2D eigenvalue weighted by molar-refractivity contribution is 0.415. The minimum absolute atomic E-state index is 0.636. The summed E-state index contributed by atoms with van der Waals surface area (Å²) in [6.45, 7) is 2.32. The average molecular weight is 205 g/mol. The van der Waals surface area contributed by atoms with E-state index in [-0.39, 0.29) is 0 Å². The van der Waals surface area contributed by atoms with E-state index in [1.807, 2.05) is 12.1 Å². The molecule has 1 aliphatic carbocycles. The Hall–Kier alpha value is -1.18. The number of methoxy groups -OCH3 is 1. The van der Waals surface area contributed by atoms with Gasteiger partial charge in [-0.15, -0.1) is 0 Å². The van der Waals surface area contributed by atoms with Gasteiger partial charge in [0.25, 0.3) is 0 Å². The van der Waals surface area contributed by atoms with Gasteiger partial charge in [-0.25, -0.2) is 0 Å². The fourth-order valence-electron chi connectivity index (χ4n) is 2.29. The maximum Gasteiger partial charge on any atom is 0.120 e. The summed E-state index contributed by atoms with van der Waals surface area (Å²) in [6, 6.07) is 8.81. The molecule has 0 unspecified atom stereocenters. The number of benzene rings is 1. The number of anilines is 1. The molecule has 2 atom stereocenters. The number of rotatable bonds is 3. The molecular weight excluding hydrogens is 186 g/mol. The average Bonchev–Trinajstić information content (AvgIpc) is 2.65. The first-order chi connectivity index (χ1) is 7.29. The summed E-state index contributed by atoms with van der Waals surface area (Å²) in [6.07, 6.45) is 3.99. The van der Waals surface area contributed by atoms with Gasteiger partial charge in [0, 0.05) is 17.8 Å². The van der Waals surface area contributed by atoms with E-state index < -0.39 is 0 Å². The Kier molecular flexibility index (Phi) is 3.14. The molecule has 15 heavy (non-hydrogen) atoms. The van der Waals surface area contributed by atoms with Crippen LogP contribution in [0.3, 0.4) is 0 Å². The third-order valence-electron chi connectivity index (χ3n) is 3.28. The van der Waals surface area contributed by atoms with E-state index in [1.165, 1.54) is 24.9 Å². The van der Waals surface area contributed by atoms with Gasteiger partial charge < -0.3 is 10.1 Å². The van der Waals surface area contributed by atoms with Crippen LogP contribution >= 0.6 is 0 Å². The maximum absolute atomic E-state index is 5.21. The van der Waals surface area contributed by atoms with E-state index in [4.69, 9.17) is 4.74 Å².